The number of halogens is 1. The van der Waals surface area contributed by atoms with Crippen molar-refractivity contribution in [1.29, 1.82) is 0 Å². The van der Waals surface area contributed by atoms with Crippen molar-refractivity contribution in [3.8, 4) is 0 Å². The van der Waals surface area contributed by atoms with Gasteiger partial charge in [-0.1, -0.05) is 43.0 Å². The van der Waals surface area contributed by atoms with Crippen molar-refractivity contribution < 1.29 is 4.79 Å². The van der Waals surface area contributed by atoms with Crippen molar-refractivity contribution in [2.75, 3.05) is 13.6 Å². The first-order chi connectivity index (χ1) is 9.18. The number of benzene rings is 1. The number of carbonyl (C=O) groups excluding carboxylic acids is 1. The summed E-state index contributed by atoms with van der Waals surface area (Å²) in [5.74, 6) is 0.147. The van der Waals surface area contributed by atoms with Gasteiger partial charge in [0.2, 0.25) is 0 Å². The number of carbonyl (C=O) groups is 1. The van der Waals surface area contributed by atoms with E-state index < -0.39 is 0 Å². The summed E-state index contributed by atoms with van der Waals surface area (Å²) in [6.07, 6.45) is 7.12. The van der Waals surface area contributed by atoms with E-state index in [-0.39, 0.29) is 5.78 Å². The smallest absolute Gasteiger partial charge is 0.165 e. The third-order valence-electron chi connectivity index (χ3n) is 4.06. The fourth-order valence-electron chi connectivity index (χ4n) is 2.80. The zero-order valence-electron chi connectivity index (χ0n) is 11.6. The van der Waals surface area contributed by atoms with E-state index in [0.29, 0.717) is 23.0 Å². The van der Waals surface area contributed by atoms with Gasteiger partial charge in [-0.3, -0.25) is 4.79 Å². The molecule has 1 aliphatic rings. The molecule has 0 amide bonds. The van der Waals surface area contributed by atoms with Gasteiger partial charge in [-0.25, -0.2) is 0 Å². The number of hydrogen-bond donors (Lipinski definition) is 0. The minimum atomic E-state index is 0.147. The molecule has 19 heavy (non-hydrogen) atoms. The lowest BCUT2D eigenvalue weighted by Crippen LogP contribution is -2.34. The second-order valence-electron chi connectivity index (χ2n) is 5.43. The van der Waals surface area contributed by atoms with Gasteiger partial charge in [0.05, 0.1) is 5.02 Å². The van der Waals surface area contributed by atoms with E-state index in [2.05, 4.69) is 11.9 Å². The van der Waals surface area contributed by atoms with Gasteiger partial charge in [0.15, 0.2) is 5.78 Å². The molecule has 0 atom stereocenters. The highest BCUT2D eigenvalue weighted by atomic mass is 35.5. The average molecular weight is 280 g/mol. The molecular formula is C16H22ClNO. The summed E-state index contributed by atoms with van der Waals surface area (Å²) in [4.78, 5) is 14.5. The van der Waals surface area contributed by atoms with Crippen molar-refractivity contribution >= 4 is 17.4 Å². The molecule has 1 saturated carbocycles. The number of nitrogens with zero attached hydrogens (tertiary/aromatic N) is 1. The Hall–Kier alpha value is -0.860. The molecule has 1 aromatic rings. The van der Waals surface area contributed by atoms with E-state index in [1.165, 1.54) is 32.1 Å². The highest BCUT2D eigenvalue weighted by Gasteiger charge is 2.19. The Kier molecular flexibility index (Phi) is 5.41. The van der Waals surface area contributed by atoms with E-state index in [4.69, 9.17) is 11.6 Å². The maximum absolute atomic E-state index is 12.1. The largest absolute Gasteiger partial charge is 0.303 e. The van der Waals surface area contributed by atoms with Gasteiger partial charge in [0.25, 0.3) is 0 Å². The summed E-state index contributed by atoms with van der Waals surface area (Å²) < 4.78 is 0. The van der Waals surface area contributed by atoms with Crippen LogP contribution in [0.25, 0.3) is 0 Å². The lowest BCUT2D eigenvalue weighted by molar-refractivity contribution is 0.0952. The van der Waals surface area contributed by atoms with Crippen LogP contribution in [0.4, 0.5) is 0 Å². The van der Waals surface area contributed by atoms with Crippen LogP contribution >= 0.6 is 11.6 Å². The molecule has 0 radical (unpaired) electrons. The van der Waals surface area contributed by atoms with Gasteiger partial charge in [-0.15, -0.1) is 0 Å². The zero-order valence-corrected chi connectivity index (χ0v) is 12.3. The Morgan fingerprint density at radius 2 is 1.95 bits per heavy atom. The number of rotatable bonds is 5. The summed E-state index contributed by atoms with van der Waals surface area (Å²) in [6.45, 7) is 0.828. The number of ketones is 1. The van der Waals surface area contributed by atoms with Crippen LogP contribution in [-0.4, -0.2) is 30.3 Å². The molecular weight excluding hydrogens is 258 g/mol. The van der Waals surface area contributed by atoms with Crippen LogP contribution in [0.15, 0.2) is 24.3 Å². The van der Waals surface area contributed by atoms with Crippen LogP contribution in [-0.2, 0) is 0 Å². The number of Topliss-reactive ketones (excluding diaryl/α,β-unsaturated/α-hetero) is 1. The molecule has 0 heterocycles. The van der Waals surface area contributed by atoms with Crippen LogP contribution in [0, 0.1) is 0 Å². The van der Waals surface area contributed by atoms with Crippen molar-refractivity contribution in [1.82, 2.24) is 4.90 Å². The normalized spacial score (nSPS) is 16.8. The zero-order chi connectivity index (χ0) is 13.7. The molecule has 2 rings (SSSR count). The Bertz CT molecular complexity index is 427. The third kappa shape index (κ3) is 4.05. The summed E-state index contributed by atoms with van der Waals surface area (Å²) in [5.41, 5.74) is 0.654. The molecule has 2 nitrogen and oxygen atoms in total. The Morgan fingerprint density at radius 1 is 1.26 bits per heavy atom. The molecule has 0 unspecified atom stereocenters. The van der Waals surface area contributed by atoms with Gasteiger partial charge in [0, 0.05) is 24.6 Å². The molecule has 1 aromatic carbocycles. The minimum Gasteiger partial charge on any atom is -0.303 e. The molecule has 0 N–H and O–H groups in total. The van der Waals surface area contributed by atoms with Crippen molar-refractivity contribution in [3.63, 3.8) is 0 Å². The fourth-order valence-corrected chi connectivity index (χ4v) is 3.05. The SMILES string of the molecule is CN(CCC(=O)c1ccccc1Cl)C1CCCCC1. The molecule has 3 heteroatoms. The predicted molar refractivity (Wildman–Crippen MR) is 79.9 cm³/mol. The monoisotopic (exact) mass is 279 g/mol. The molecule has 0 bridgehead atoms. The van der Waals surface area contributed by atoms with Gasteiger partial charge in [-0.2, -0.15) is 0 Å². The molecule has 0 spiro atoms. The topological polar surface area (TPSA) is 20.3 Å². The Balaban J connectivity index is 1.84. The third-order valence-corrected chi connectivity index (χ3v) is 4.39. The first-order valence-electron chi connectivity index (χ1n) is 7.16. The quantitative estimate of drug-likeness (QED) is 0.754. The van der Waals surface area contributed by atoms with Crippen LogP contribution < -0.4 is 0 Å². The Morgan fingerprint density at radius 3 is 2.63 bits per heavy atom. The summed E-state index contributed by atoms with van der Waals surface area (Å²) >= 11 is 6.05. The molecule has 104 valence electrons. The number of hydrogen-bond acceptors (Lipinski definition) is 2. The van der Waals surface area contributed by atoms with E-state index >= 15 is 0 Å². The standard InChI is InChI=1S/C16H22ClNO/c1-18(13-7-3-2-4-8-13)12-11-16(19)14-9-5-6-10-15(14)17/h5-6,9-10,13H,2-4,7-8,11-12H2,1H3. The molecule has 0 saturated heterocycles. The Labute approximate surface area is 120 Å². The summed E-state index contributed by atoms with van der Waals surface area (Å²) in [5, 5.41) is 0.563. The predicted octanol–water partition coefficient (Wildman–Crippen LogP) is 4.18. The second-order valence-corrected chi connectivity index (χ2v) is 5.83. The van der Waals surface area contributed by atoms with Crippen molar-refractivity contribution in [2.24, 2.45) is 0 Å². The highest BCUT2D eigenvalue weighted by Crippen LogP contribution is 2.22. The molecule has 0 aliphatic heterocycles. The minimum absolute atomic E-state index is 0.147. The van der Waals surface area contributed by atoms with E-state index in [1.807, 2.05) is 18.2 Å². The van der Waals surface area contributed by atoms with Crippen LogP contribution in [0.3, 0.4) is 0 Å². The van der Waals surface area contributed by atoms with Crippen molar-refractivity contribution in [3.05, 3.63) is 34.9 Å². The second kappa shape index (κ2) is 7.06. The lowest BCUT2D eigenvalue weighted by atomic mass is 9.94. The molecule has 1 aliphatic carbocycles. The van der Waals surface area contributed by atoms with E-state index in [9.17, 15) is 4.79 Å². The molecule has 0 aromatic heterocycles. The van der Waals surface area contributed by atoms with Gasteiger partial charge < -0.3 is 4.90 Å². The first-order valence-corrected chi connectivity index (χ1v) is 7.54. The maximum Gasteiger partial charge on any atom is 0.165 e. The van der Waals surface area contributed by atoms with E-state index in [1.54, 1.807) is 6.07 Å². The van der Waals surface area contributed by atoms with Gasteiger partial charge in [0.1, 0.15) is 0 Å². The van der Waals surface area contributed by atoms with Gasteiger partial charge >= 0.3 is 0 Å². The fraction of sp³-hybridized carbons (Fsp3) is 0.562. The van der Waals surface area contributed by atoms with Gasteiger partial charge in [-0.05, 0) is 32.0 Å². The first kappa shape index (κ1) is 14.5. The average Bonchev–Trinajstić information content (AvgIpc) is 2.46. The summed E-state index contributed by atoms with van der Waals surface area (Å²) in [7, 11) is 2.13. The van der Waals surface area contributed by atoms with E-state index in [0.717, 1.165) is 6.54 Å². The maximum atomic E-state index is 12.1. The molecule has 1 fully saturated rings. The van der Waals surface area contributed by atoms with Crippen LogP contribution in [0.1, 0.15) is 48.9 Å². The van der Waals surface area contributed by atoms with Crippen molar-refractivity contribution in [2.45, 2.75) is 44.6 Å². The van der Waals surface area contributed by atoms with Crippen LogP contribution in [0.2, 0.25) is 5.02 Å². The lowest BCUT2D eigenvalue weighted by Gasteiger charge is -2.30. The summed E-state index contributed by atoms with van der Waals surface area (Å²) in [6, 6.07) is 7.97. The highest BCUT2D eigenvalue weighted by molar-refractivity contribution is 6.33. The van der Waals surface area contributed by atoms with Crippen LogP contribution in [0.5, 0.6) is 0 Å².